The van der Waals surface area contributed by atoms with Crippen LogP contribution in [0.5, 0.6) is 0 Å². The number of hydrogen-bond acceptors (Lipinski definition) is 4. The first-order valence-corrected chi connectivity index (χ1v) is 9.42. The van der Waals surface area contributed by atoms with E-state index in [1.807, 2.05) is 11.8 Å². The van der Waals surface area contributed by atoms with Crippen LogP contribution in [0.1, 0.15) is 39.5 Å². The summed E-state index contributed by atoms with van der Waals surface area (Å²) in [5, 5.41) is 3.25. The molecule has 116 valence electrons. The van der Waals surface area contributed by atoms with Gasteiger partial charge in [-0.15, -0.1) is 0 Å². The molecule has 2 heterocycles. The van der Waals surface area contributed by atoms with Crippen molar-refractivity contribution in [3.8, 4) is 0 Å². The summed E-state index contributed by atoms with van der Waals surface area (Å²) in [6.45, 7) is 6.34. The number of rotatable bonds is 5. The Morgan fingerprint density at radius 3 is 2.70 bits per heavy atom. The molecule has 20 heavy (non-hydrogen) atoms. The number of carbonyl (C=O) groups excluding carboxylic acids is 1. The zero-order valence-corrected chi connectivity index (χ0v) is 13.3. The molecule has 0 aromatic carbocycles. The summed E-state index contributed by atoms with van der Waals surface area (Å²) in [6.07, 6.45) is 3.39. The number of sulfone groups is 1. The first-order chi connectivity index (χ1) is 9.38. The Labute approximate surface area is 122 Å². The van der Waals surface area contributed by atoms with Crippen LogP contribution in [0.25, 0.3) is 0 Å². The minimum atomic E-state index is -2.95. The molecule has 5 nitrogen and oxygen atoms in total. The molecule has 2 fully saturated rings. The van der Waals surface area contributed by atoms with Gasteiger partial charge in [0.05, 0.1) is 16.9 Å². The van der Waals surface area contributed by atoms with Crippen LogP contribution in [0.2, 0.25) is 0 Å². The molecule has 0 radical (unpaired) electrons. The van der Waals surface area contributed by atoms with E-state index in [-0.39, 0.29) is 28.9 Å². The Morgan fingerprint density at radius 1 is 1.45 bits per heavy atom. The van der Waals surface area contributed by atoms with Crippen molar-refractivity contribution in [2.24, 2.45) is 5.41 Å². The third kappa shape index (κ3) is 3.34. The monoisotopic (exact) mass is 302 g/mol. The molecule has 0 bridgehead atoms. The molecule has 0 saturated carbocycles. The summed E-state index contributed by atoms with van der Waals surface area (Å²) >= 11 is 0. The molecule has 2 unspecified atom stereocenters. The summed E-state index contributed by atoms with van der Waals surface area (Å²) in [6, 6.07) is -0.114. The van der Waals surface area contributed by atoms with Gasteiger partial charge in [-0.05, 0) is 32.7 Å². The fourth-order valence-corrected chi connectivity index (χ4v) is 4.88. The minimum Gasteiger partial charge on any atom is -0.338 e. The Hall–Kier alpha value is -0.620. The van der Waals surface area contributed by atoms with E-state index in [9.17, 15) is 13.2 Å². The van der Waals surface area contributed by atoms with Crippen LogP contribution in [0.15, 0.2) is 0 Å². The van der Waals surface area contributed by atoms with Crippen molar-refractivity contribution in [3.63, 3.8) is 0 Å². The normalized spacial score (nSPS) is 32.4. The molecular weight excluding hydrogens is 276 g/mol. The third-order valence-corrected chi connectivity index (χ3v) is 6.30. The largest absolute Gasteiger partial charge is 0.338 e. The first kappa shape index (κ1) is 15.8. The number of amides is 1. The van der Waals surface area contributed by atoms with Crippen LogP contribution in [0, 0.1) is 5.41 Å². The summed E-state index contributed by atoms with van der Waals surface area (Å²) in [5.41, 5.74) is -0.361. The van der Waals surface area contributed by atoms with Crippen molar-refractivity contribution in [1.29, 1.82) is 0 Å². The van der Waals surface area contributed by atoms with Gasteiger partial charge in [-0.3, -0.25) is 4.79 Å². The highest BCUT2D eigenvalue weighted by molar-refractivity contribution is 7.91. The predicted molar refractivity (Wildman–Crippen MR) is 79.3 cm³/mol. The van der Waals surface area contributed by atoms with Crippen molar-refractivity contribution >= 4 is 15.7 Å². The molecule has 2 aliphatic heterocycles. The average Bonchev–Trinajstić information content (AvgIpc) is 2.97. The fourth-order valence-electron chi connectivity index (χ4n) is 3.15. The van der Waals surface area contributed by atoms with Crippen molar-refractivity contribution < 1.29 is 13.2 Å². The molecule has 0 aliphatic carbocycles. The molecule has 1 N–H and O–H groups in total. The topological polar surface area (TPSA) is 66.5 Å². The van der Waals surface area contributed by atoms with E-state index in [4.69, 9.17) is 0 Å². The van der Waals surface area contributed by atoms with E-state index in [2.05, 4.69) is 12.2 Å². The highest BCUT2D eigenvalue weighted by atomic mass is 32.2. The lowest BCUT2D eigenvalue weighted by Gasteiger charge is -2.35. The summed E-state index contributed by atoms with van der Waals surface area (Å²) in [5.74, 6) is 0.507. The van der Waals surface area contributed by atoms with Crippen molar-refractivity contribution in [2.75, 3.05) is 31.1 Å². The van der Waals surface area contributed by atoms with Crippen LogP contribution < -0.4 is 5.32 Å². The van der Waals surface area contributed by atoms with Gasteiger partial charge < -0.3 is 10.2 Å². The molecule has 2 saturated heterocycles. The smallest absolute Gasteiger partial charge is 0.230 e. The second kappa shape index (κ2) is 6.02. The number of unbranched alkanes of at least 4 members (excludes halogenated alkanes) is 1. The quantitative estimate of drug-likeness (QED) is 0.816. The van der Waals surface area contributed by atoms with Crippen LogP contribution >= 0.6 is 0 Å². The molecule has 0 aromatic heterocycles. The lowest BCUT2D eigenvalue weighted by Crippen LogP contribution is -2.49. The van der Waals surface area contributed by atoms with E-state index < -0.39 is 9.84 Å². The van der Waals surface area contributed by atoms with Gasteiger partial charge in [0.1, 0.15) is 0 Å². The maximum Gasteiger partial charge on any atom is 0.230 e. The average molecular weight is 302 g/mol. The van der Waals surface area contributed by atoms with Gasteiger partial charge in [-0.25, -0.2) is 8.42 Å². The van der Waals surface area contributed by atoms with Crippen LogP contribution in [-0.4, -0.2) is 56.4 Å². The van der Waals surface area contributed by atoms with E-state index in [0.29, 0.717) is 19.5 Å². The number of hydrogen-bond donors (Lipinski definition) is 1. The molecule has 0 aromatic rings. The van der Waals surface area contributed by atoms with Gasteiger partial charge in [0.2, 0.25) is 5.91 Å². The maximum absolute atomic E-state index is 12.9. The molecular formula is C14H26N2O3S. The van der Waals surface area contributed by atoms with Gasteiger partial charge in [-0.1, -0.05) is 13.3 Å². The summed E-state index contributed by atoms with van der Waals surface area (Å²) < 4.78 is 23.4. The number of nitrogens with one attached hydrogen (secondary N) is 1. The molecule has 1 amide bonds. The Kier molecular flexibility index (Phi) is 4.74. The zero-order valence-electron chi connectivity index (χ0n) is 12.5. The van der Waals surface area contributed by atoms with E-state index in [0.717, 1.165) is 25.8 Å². The number of carbonyl (C=O) groups is 1. The third-order valence-electron chi connectivity index (χ3n) is 4.55. The number of nitrogens with zero attached hydrogens (tertiary/aromatic N) is 1. The van der Waals surface area contributed by atoms with E-state index in [1.54, 1.807) is 0 Å². The van der Waals surface area contributed by atoms with Gasteiger partial charge in [0, 0.05) is 19.1 Å². The Morgan fingerprint density at radius 2 is 2.20 bits per heavy atom. The van der Waals surface area contributed by atoms with E-state index in [1.165, 1.54) is 0 Å². The SMILES string of the molecule is CCCCN(C(=O)C1(C)CCNC1)C1CCS(=O)(=O)C1. The van der Waals surface area contributed by atoms with E-state index >= 15 is 0 Å². The molecule has 2 rings (SSSR count). The standard InChI is InChI=1S/C14H26N2O3S/c1-3-4-8-16(12-5-9-20(18,19)10-12)13(17)14(2)6-7-15-11-14/h12,15H,3-11H2,1-2H3. The molecule has 2 aliphatic rings. The van der Waals surface area contributed by atoms with Crippen molar-refractivity contribution in [3.05, 3.63) is 0 Å². The molecule has 6 heteroatoms. The first-order valence-electron chi connectivity index (χ1n) is 7.60. The zero-order chi connectivity index (χ0) is 14.8. The van der Waals surface area contributed by atoms with Crippen molar-refractivity contribution in [2.45, 2.75) is 45.6 Å². The Bertz CT molecular complexity index is 455. The molecule has 2 atom stereocenters. The highest BCUT2D eigenvalue weighted by Crippen LogP contribution is 2.30. The van der Waals surface area contributed by atoms with Crippen molar-refractivity contribution in [1.82, 2.24) is 10.2 Å². The second-order valence-electron chi connectivity index (χ2n) is 6.40. The minimum absolute atomic E-state index is 0.114. The van der Waals surface area contributed by atoms with Crippen LogP contribution in [-0.2, 0) is 14.6 Å². The predicted octanol–water partition coefficient (Wildman–Crippen LogP) is 0.802. The lowest BCUT2D eigenvalue weighted by molar-refractivity contribution is -0.142. The van der Waals surface area contributed by atoms with Crippen LogP contribution in [0.3, 0.4) is 0 Å². The summed E-state index contributed by atoms with van der Waals surface area (Å²) in [7, 11) is -2.95. The van der Waals surface area contributed by atoms with Gasteiger partial charge >= 0.3 is 0 Å². The fraction of sp³-hybridized carbons (Fsp3) is 0.929. The maximum atomic E-state index is 12.9. The Balaban J connectivity index is 2.13. The van der Waals surface area contributed by atoms with Gasteiger partial charge in [0.15, 0.2) is 9.84 Å². The molecule has 0 spiro atoms. The summed E-state index contributed by atoms with van der Waals surface area (Å²) in [4.78, 5) is 14.7. The lowest BCUT2D eigenvalue weighted by atomic mass is 9.87. The van der Waals surface area contributed by atoms with Gasteiger partial charge in [-0.2, -0.15) is 0 Å². The second-order valence-corrected chi connectivity index (χ2v) is 8.63. The highest BCUT2D eigenvalue weighted by Gasteiger charge is 2.43. The van der Waals surface area contributed by atoms with Gasteiger partial charge in [0.25, 0.3) is 0 Å². The van der Waals surface area contributed by atoms with Crippen LogP contribution in [0.4, 0.5) is 0 Å².